The van der Waals surface area contributed by atoms with Gasteiger partial charge in [-0.15, -0.1) is 0 Å². The van der Waals surface area contributed by atoms with Crippen molar-refractivity contribution in [2.45, 2.75) is 72.8 Å². The van der Waals surface area contributed by atoms with Crippen molar-refractivity contribution in [1.29, 1.82) is 0 Å². The zero-order valence-electron chi connectivity index (χ0n) is 11.9. The van der Waals surface area contributed by atoms with Gasteiger partial charge in [0.05, 0.1) is 5.60 Å². The SMILES string of the molecule is CC(C)(C)C(O)(CCCCCO)C(C)(C)C. The Hall–Kier alpha value is -0.0800. The highest BCUT2D eigenvalue weighted by atomic mass is 16.3. The Bertz CT molecular complexity index is 182. The number of rotatable bonds is 5. The Balaban J connectivity index is 4.59. The van der Waals surface area contributed by atoms with E-state index in [9.17, 15) is 5.11 Å². The maximum Gasteiger partial charge on any atom is 0.0743 e. The molecule has 0 spiro atoms. The van der Waals surface area contributed by atoms with Crippen molar-refractivity contribution in [3.05, 3.63) is 0 Å². The first-order valence-electron chi connectivity index (χ1n) is 6.39. The van der Waals surface area contributed by atoms with Gasteiger partial charge in [-0.1, -0.05) is 54.4 Å². The lowest BCUT2D eigenvalue weighted by Crippen LogP contribution is -2.53. The van der Waals surface area contributed by atoms with Crippen molar-refractivity contribution in [1.82, 2.24) is 0 Å². The lowest BCUT2D eigenvalue weighted by atomic mass is 9.60. The molecule has 0 aliphatic carbocycles. The fourth-order valence-corrected chi connectivity index (χ4v) is 2.54. The predicted molar refractivity (Wildman–Crippen MR) is 69.4 cm³/mol. The molecule has 2 heteroatoms. The van der Waals surface area contributed by atoms with E-state index < -0.39 is 5.60 Å². The monoisotopic (exact) mass is 230 g/mol. The molecule has 0 unspecified atom stereocenters. The summed E-state index contributed by atoms with van der Waals surface area (Å²) in [6.45, 7) is 12.9. The number of aliphatic hydroxyl groups is 2. The lowest BCUT2D eigenvalue weighted by Gasteiger charge is -2.50. The maximum atomic E-state index is 10.9. The van der Waals surface area contributed by atoms with Crippen LogP contribution in [0.5, 0.6) is 0 Å². The van der Waals surface area contributed by atoms with E-state index in [1.54, 1.807) is 0 Å². The third-order valence-corrected chi connectivity index (χ3v) is 3.68. The van der Waals surface area contributed by atoms with Crippen LogP contribution in [0.1, 0.15) is 67.2 Å². The molecule has 0 amide bonds. The molecule has 2 N–H and O–H groups in total. The van der Waals surface area contributed by atoms with Crippen LogP contribution in [0.2, 0.25) is 0 Å². The van der Waals surface area contributed by atoms with Crippen LogP contribution in [0.3, 0.4) is 0 Å². The molecule has 0 aromatic carbocycles. The molecule has 0 aliphatic rings. The summed E-state index contributed by atoms with van der Waals surface area (Å²) in [4.78, 5) is 0. The molecule has 0 saturated heterocycles. The van der Waals surface area contributed by atoms with E-state index >= 15 is 0 Å². The first-order valence-corrected chi connectivity index (χ1v) is 6.39. The van der Waals surface area contributed by atoms with E-state index in [2.05, 4.69) is 41.5 Å². The van der Waals surface area contributed by atoms with Crippen molar-refractivity contribution in [2.75, 3.05) is 6.61 Å². The Morgan fingerprint density at radius 3 is 1.50 bits per heavy atom. The molecule has 0 bridgehead atoms. The third kappa shape index (κ3) is 3.74. The van der Waals surface area contributed by atoms with Crippen molar-refractivity contribution < 1.29 is 10.2 Å². The van der Waals surface area contributed by atoms with Crippen LogP contribution in [-0.4, -0.2) is 22.4 Å². The average molecular weight is 230 g/mol. The van der Waals surface area contributed by atoms with Crippen molar-refractivity contribution >= 4 is 0 Å². The molecule has 0 aromatic rings. The first-order chi connectivity index (χ1) is 7.06. The standard InChI is InChI=1S/C14H30O2/c1-12(2,3)14(16,13(4,5)6)10-8-7-9-11-15/h15-16H,7-11H2,1-6H3. The van der Waals surface area contributed by atoms with Crippen LogP contribution in [0.4, 0.5) is 0 Å². The Morgan fingerprint density at radius 1 is 0.750 bits per heavy atom. The van der Waals surface area contributed by atoms with Gasteiger partial charge in [0, 0.05) is 6.61 Å². The summed E-state index contributed by atoms with van der Waals surface area (Å²) in [5.41, 5.74) is -0.898. The highest BCUT2D eigenvalue weighted by Gasteiger charge is 2.48. The molecule has 0 aliphatic heterocycles. The summed E-state index contributed by atoms with van der Waals surface area (Å²) in [7, 11) is 0. The summed E-state index contributed by atoms with van der Waals surface area (Å²) in [6.07, 6.45) is 3.61. The molecule has 0 saturated carbocycles. The molecule has 98 valence electrons. The molecule has 0 heterocycles. The van der Waals surface area contributed by atoms with Crippen molar-refractivity contribution in [2.24, 2.45) is 10.8 Å². The van der Waals surface area contributed by atoms with E-state index in [0.29, 0.717) is 0 Å². The van der Waals surface area contributed by atoms with Crippen LogP contribution in [0, 0.1) is 10.8 Å². The highest BCUT2D eigenvalue weighted by Crippen LogP contribution is 2.46. The van der Waals surface area contributed by atoms with Gasteiger partial charge in [-0.2, -0.15) is 0 Å². The third-order valence-electron chi connectivity index (χ3n) is 3.68. The summed E-state index contributed by atoms with van der Waals surface area (Å²) in [6, 6.07) is 0. The normalized spacial score (nSPS) is 14.2. The van der Waals surface area contributed by atoms with Gasteiger partial charge >= 0.3 is 0 Å². The number of unbranched alkanes of at least 4 members (excludes halogenated alkanes) is 2. The summed E-state index contributed by atoms with van der Waals surface area (Å²) in [5.74, 6) is 0. The predicted octanol–water partition coefficient (Wildman–Crippen LogP) is 3.36. The van der Waals surface area contributed by atoms with Crippen LogP contribution in [-0.2, 0) is 0 Å². The Labute approximate surface area is 101 Å². The largest absolute Gasteiger partial charge is 0.396 e. The first kappa shape index (κ1) is 15.9. The molecule has 0 fully saturated rings. The second kappa shape index (κ2) is 5.50. The molecular formula is C14H30O2. The van der Waals surface area contributed by atoms with E-state index in [1.165, 1.54) is 0 Å². The van der Waals surface area contributed by atoms with Gasteiger partial charge in [-0.05, 0) is 23.7 Å². The Kier molecular flexibility index (Phi) is 5.48. The highest BCUT2D eigenvalue weighted by molar-refractivity contribution is 4.99. The van der Waals surface area contributed by atoms with Gasteiger partial charge in [-0.3, -0.25) is 0 Å². The van der Waals surface area contributed by atoms with Crippen LogP contribution in [0.25, 0.3) is 0 Å². The zero-order valence-corrected chi connectivity index (χ0v) is 11.9. The van der Waals surface area contributed by atoms with Crippen LogP contribution < -0.4 is 0 Å². The molecular weight excluding hydrogens is 200 g/mol. The minimum Gasteiger partial charge on any atom is -0.396 e. The minimum absolute atomic E-state index is 0.121. The number of aliphatic hydroxyl groups excluding tert-OH is 1. The molecule has 0 radical (unpaired) electrons. The molecule has 0 atom stereocenters. The zero-order chi connectivity index (χ0) is 13.0. The van der Waals surface area contributed by atoms with Gasteiger partial charge in [0.2, 0.25) is 0 Å². The summed E-state index contributed by atoms with van der Waals surface area (Å²) >= 11 is 0. The molecule has 2 nitrogen and oxygen atoms in total. The van der Waals surface area contributed by atoms with Gasteiger partial charge in [0.1, 0.15) is 0 Å². The maximum absolute atomic E-state index is 10.9. The smallest absolute Gasteiger partial charge is 0.0743 e. The molecule has 16 heavy (non-hydrogen) atoms. The summed E-state index contributed by atoms with van der Waals surface area (Å²) < 4.78 is 0. The van der Waals surface area contributed by atoms with E-state index in [4.69, 9.17) is 5.11 Å². The van der Waals surface area contributed by atoms with Crippen LogP contribution in [0.15, 0.2) is 0 Å². The topological polar surface area (TPSA) is 40.5 Å². The van der Waals surface area contributed by atoms with E-state index in [0.717, 1.165) is 25.7 Å². The number of hydrogen-bond acceptors (Lipinski definition) is 2. The van der Waals surface area contributed by atoms with Gasteiger partial charge in [0.25, 0.3) is 0 Å². The quantitative estimate of drug-likeness (QED) is 0.711. The van der Waals surface area contributed by atoms with E-state index in [-0.39, 0.29) is 17.4 Å². The lowest BCUT2D eigenvalue weighted by molar-refractivity contribution is -0.143. The fraction of sp³-hybridized carbons (Fsp3) is 1.00. The molecule has 0 aromatic heterocycles. The fourth-order valence-electron chi connectivity index (χ4n) is 2.54. The van der Waals surface area contributed by atoms with Gasteiger partial charge < -0.3 is 10.2 Å². The molecule has 0 rings (SSSR count). The van der Waals surface area contributed by atoms with E-state index in [1.807, 2.05) is 0 Å². The van der Waals surface area contributed by atoms with Crippen molar-refractivity contribution in [3.8, 4) is 0 Å². The van der Waals surface area contributed by atoms with Crippen LogP contribution >= 0.6 is 0 Å². The second-order valence-corrected chi connectivity index (χ2v) is 6.89. The van der Waals surface area contributed by atoms with Crippen molar-refractivity contribution in [3.63, 3.8) is 0 Å². The minimum atomic E-state index is -0.657. The average Bonchev–Trinajstić information content (AvgIpc) is 2.08. The van der Waals surface area contributed by atoms with Gasteiger partial charge in [-0.25, -0.2) is 0 Å². The second-order valence-electron chi connectivity index (χ2n) is 6.89. The number of hydrogen-bond donors (Lipinski definition) is 2. The summed E-state index contributed by atoms with van der Waals surface area (Å²) in [5, 5.41) is 19.7. The Morgan fingerprint density at radius 2 is 1.19 bits per heavy atom. The van der Waals surface area contributed by atoms with Gasteiger partial charge in [0.15, 0.2) is 0 Å².